The molecule has 2 amide bonds. The number of pyridine rings is 1. The number of esters is 1. The summed E-state index contributed by atoms with van der Waals surface area (Å²) in [6.45, 7) is -3.78. The van der Waals surface area contributed by atoms with E-state index in [1.165, 1.54) is 31.4 Å². The van der Waals surface area contributed by atoms with Gasteiger partial charge in [0.15, 0.2) is 23.9 Å². The second-order valence-corrected chi connectivity index (χ2v) is 13.5. The molecule has 2 aliphatic rings. The zero-order valence-electron chi connectivity index (χ0n) is 25.2. The zero-order chi connectivity index (χ0) is 34.9. The molecule has 18 heteroatoms. The molecule has 5 rings (SSSR count). The molecule has 1 aliphatic carbocycles. The lowest BCUT2D eigenvalue weighted by Crippen LogP contribution is -2.36. The van der Waals surface area contributed by atoms with Crippen molar-refractivity contribution >= 4 is 56.7 Å². The van der Waals surface area contributed by atoms with Crippen LogP contribution < -0.4 is 23.7 Å². The molecule has 0 bridgehead atoms. The van der Waals surface area contributed by atoms with Crippen molar-refractivity contribution in [3.05, 3.63) is 80.2 Å². The van der Waals surface area contributed by atoms with Crippen LogP contribution in [0.3, 0.4) is 0 Å². The van der Waals surface area contributed by atoms with Gasteiger partial charge in [0.05, 0.1) is 36.8 Å². The molecule has 1 fully saturated rings. The van der Waals surface area contributed by atoms with E-state index in [1.807, 2.05) is 0 Å². The molecule has 2 heterocycles. The number of anilines is 1. The van der Waals surface area contributed by atoms with Crippen LogP contribution in [0, 0.1) is 11.1 Å². The van der Waals surface area contributed by atoms with Gasteiger partial charge in [-0.05, 0) is 48.6 Å². The first-order chi connectivity index (χ1) is 22.6. The fraction of sp³-hybridized carbons (Fsp3) is 0.333. The van der Waals surface area contributed by atoms with E-state index < -0.39 is 47.1 Å². The van der Waals surface area contributed by atoms with Gasteiger partial charge in [0.1, 0.15) is 28.4 Å². The van der Waals surface area contributed by atoms with Gasteiger partial charge >= 0.3 is 12.6 Å². The average Bonchev–Trinajstić information content (AvgIpc) is 3.80. The molecule has 0 unspecified atom stereocenters. The summed E-state index contributed by atoms with van der Waals surface area (Å²) in [7, 11) is -2.55. The van der Waals surface area contributed by atoms with Crippen molar-refractivity contribution < 1.29 is 55.3 Å². The molecule has 1 aliphatic heterocycles. The Morgan fingerprint density at radius 3 is 2.29 bits per heavy atom. The third-order valence-electron chi connectivity index (χ3n) is 7.32. The van der Waals surface area contributed by atoms with Gasteiger partial charge in [-0.1, -0.05) is 29.3 Å². The normalized spacial score (nSPS) is 14.9. The predicted octanol–water partition coefficient (Wildman–Crippen LogP) is 4.52. The molecule has 256 valence electrons. The Morgan fingerprint density at radius 2 is 1.71 bits per heavy atom. The Morgan fingerprint density at radius 1 is 1.06 bits per heavy atom. The van der Waals surface area contributed by atoms with Crippen LogP contribution in [0.2, 0.25) is 10.0 Å². The number of rotatable bonds is 14. The number of methoxy groups -OCH3 is 1. The van der Waals surface area contributed by atoms with Gasteiger partial charge in [0, 0.05) is 12.0 Å². The minimum Gasteiger partial charge on any atom is -0.619 e. The number of alkyl halides is 2. The second-order valence-electron chi connectivity index (χ2n) is 11.0. The van der Waals surface area contributed by atoms with Gasteiger partial charge in [-0.15, -0.1) is 0 Å². The van der Waals surface area contributed by atoms with Crippen molar-refractivity contribution in [1.82, 2.24) is 4.90 Å². The number of benzene rings is 2. The van der Waals surface area contributed by atoms with Crippen LogP contribution in [0.5, 0.6) is 17.2 Å². The summed E-state index contributed by atoms with van der Waals surface area (Å²) >= 11 is 12.6. The number of nitrogens with zero attached hydrogens (tertiary/aromatic N) is 2. The molecule has 0 spiro atoms. The van der Waals surface area contributed by atoms with Crippen molar-refractivity contribution in [2.75, 3.05) is 31.2 Å². The predicted molar refractivity (Wildman–Crippen MR) is 166 cm³/mol. The summed E-state index contributed by atoms with van der Waals surface area (Å²) in [6, 6.07) is 6.20. The van der Waals surface area contributed by atoms with Gasteiger partial charge in [0.2, 0.25) is 10.0 Å². The van der Waals surface area contributed by atoms with Gasteiger partial charge in [-0.25, -0.2) is 8.42 Å². The maximum atomic E-state index is 13.4. The Bertz CT molecular complexity index is 1870. The Labute approximate surface area is 282 Å². The number of amides is 2. The van der Waals surface area contributed by atoms with Crippen LogP contribution in [-0.2, 0) is 26.0 Å². The molecular weight excluding hydrogens is 703 g/mol. The monoisotopic (exact) mass is 729 g/mol. The first kappa shape index (κ1) is 34.9. The largest absolute Gasteiger partial charge is 0.619 e. The topological polar surface area (TPSA) is 164 Å². The van der Waals surface area contributed by atoms with Crippen molar-refractivity contribution in [3.8, 4) is 17.2 Å². The Hall–Kier alpha value is -4.41. The first-order valence-electron chi connectivity index (χ1n) is 14.2. The Kier molecular flexibility index (Phi) is 10.2. The number of hydrogen-bond acceptors (Lipinski definition) is 10. The van der Waals surface area contributed by atoms with E-state index in [2.05, 4.69) is 9.46 Å². The summed E-state index contributed by atoms with van der Waals surface area (Å²) in [5.41, 5.74) is 0.0123. The third kappa shape index (κ3) is 8.17. The van der Waals surface area contributed by atoms with E-state index in [1.54, 1.807) is 0 Å². The molecule has 1 aromatic heterocycles. The number of nitrogens with one attached hydrogen (secondary N) is 1. The molecule has 3 aromatic rings. The maximum Gasteiger partial charge on any atom is 0.387 e. The van der Waals surface area contributed by atoms with Crippen molar-refractivity contribution in [1.29, 1.82) is 0 Å². The summed E-state index contributed by atoms with van der Waals surface area (Å²) < 4.78 is 73.8. The number of ether oxygens (including phenoxy) is 4. The molecule has 1 saturated carbocycles. The highest BCUT2D eigenvalue weighted by Crippen LogP contribution is 2.38. The van der Waals surface area contributed by atoms with Crippen LogP contribution in [0.4, 0.5) is 14.5 Å². The average molecular weight is 731 g/mol. The minimum absolute atomic E-state index is 0.0418. The number of fused-ring (bicyclic) bond motifs is 1. The molecule has 1 atom stereocenters. The van der Waals surface area contributed by atoms with Crippen LogP contribution >= 0.6 is 23.2 Å². The molecule has 2 aromatic carbocycles. The quantitative estimate of drug-likeness (QED) is 0.108. The fourth-order valence-corrected chi connectivity index (χ4v) is 6.05. The lowest BCUT2D eigenvalue weighted by atomic mass is 10.0. The highest BCUT2D eigenvalue weighted by molar-refractivity contribution is 7.92. The van der Waals surface area contributed by atoms with Crippen LogP contribution in [0.1, 0.15) is 50.8 Å². The SMILES string of the molecule is COc1cc2c(cc1NS(C)(=O)=O)C(=O)N(CC(=O)O[C@@H](Cc1c(Cl)c[n+]([O-])cc1Cl)c1ccc(OC(F)F)c(OCC3CC3)c1)C2=O. The van der Waals surface area contributed by atoms with Gasteiger partial charge in [-0.2, -0.15) is 13.5 Å². The number of hydrogen-bond donors (Lipinski definition) is 1. The number of halogens is 4. The molecule has 48 heavy (non-hydrogen) atoms. The highest BCUT2D eigenvalue weighted by Gasteiger charge is 2.39. The van der Waals surface area contributed by atoms with E-state index in [0.29, 0.717) is 9.63 Å². The van der Waals surface area contributed by atoms with Gasteiger partial charge in [0.25, 0.3) is 11.8 Å². The molecule has 0 saturated heterocycles. The lowest BCUT2D eigenvalue weighted by molar-refractivity contribution is -0.605. The molecular formula is C30H27Cl2F2N3O10S. The summed E-state index contributed by atoms with van der Waals surface area (Å²) in [5, 5.41) is 11.7. The van der Waals surface area contributed by atoms with Crippen molar-refractivity contribution in [3.63, 3.8) is 0 Å². The number of carbonyl (C=O) groups is 3. The third-order valence-corrected chi connectivity index (χ3v) is 8.56. The number of carbonyl (C=O) groups excluding carboxylic acids is 3. The van der Waals surface area contributed by atoms with Crippen molar-refractivity contribution in [2.24, 2.45) is 5.92 Å². The van der Waals surface area contributed by atoms with Crippen LogP contribution in [0.15, 0.2) is 42.7 Å². The number of aromatic nitrogens is 1. The zero-order valence-corrected chi connectivity index (χ0v) is 27.5. The van der Waals surface area contributed by atoms with E-state index in [9.17, 15) is 36.8 Å². The Balaban J connectivity index is 1.44. The van der Waals surface area contributed by atoms with Crippen LogP contribution in [0.25, 0.3) is 0 Å². The van der Waals surface area contributed by atoms with Crippen LogP contribution in [-0.4, -0.2) is 64.2 Å². The molecule has 1 N–H and O–H groups in total. The van der Waals surface area contributed by atoms with E-state index >= 15 is 0 Å². The van der Waals surface area contributed by atoms with Gasteiger partial charge in [-0.3, -0.25) is 24.0 Å². The fourth-order valence-electron chi connectivity index (χ4n) is 4.90. The summed E-state index contributed by atoms with van der Waals surface area (Å²) in [6.07, 6.45) is 3.31. The van der Waals surface area contributed by atoms with E-state index in [-0.39, 0.29) is 74.2 Å². The van der Waals surface area contributed by atoms with E-state index in [0.717, 1.165) is 37.6 Å². The van der Waals surface area contributed by atoms with Crippen molar-refractivity contribution in [2.45, 2.75) is 32.0 Å². The first-order valence-corrected chi connectivity index (χ1v) is 16.8. The maximum absolute atomic E-state index is 13.4. The smallest absolute Gasteiger partial charge is 0.387 e. The standard InChI is InChI=1S/C30H27Cl2F2N3O10S/c1-44-25-9-18-17(8-22(25)35-48(2,42)43)28(39)37(29(18)40)13-27(38)46-24(10-19-20(31)11-36(41)12-21(19)32)16-5-6-23(47-30(33)34)26(7-16)45-14-15-3-4-15/h5-9,11-12,15,24,30,35H,3-4,10,13-14H2,1-2H3/t24-/m0/s1. The second kappa shape index (κ2) is 14.0. The molecule has 0 radical (unpaired) electrons. The van der Waals surface area contributed by atoms with E-state index in [4.69, 9.17) is 37.4 Å². The number of sulfonamides is 1. The number of imide groups is 1. The summed E-state index contributed by atoms with van der Waals surface area (Å²) in [4.78, 5) is 40.5. The molecule has 13 nitrogen and oxygen atoms in total. The minimum atomic E-state index is -3.79. The summed E-state index contributed by atoms with van der Waals surface area (Å²) in [5.74, 6) is -2.93. The van der Waals surface area contributed by atoms with Gasteiger partial charge < -0.3 is 24.2 Å². The lowest BCUT2D eigenvalue weighted by Gasteiger charge is -2.22. The highest BCUT2D eigenvalue weighted by atomic mass is 35.5.